The van der Waals surface area contributed by atoms with E-state index < -0.39 is 18.4 Å². The first kappa shape index (κ1) is 17.1. The zero-order valence-corrected chi connectivity index (χ0v) is 13.9. The number of benzene rings is 1. The molecular formula is C18H22O5. The molecule has 0 amide bonds. The fourth-order valence-corrected chi connectivity index (χ4v) is 2.21. The third-order valence-corrected chi connectivity index (χ3v) is 3.33. The lowest BCUT2D eigenvalue weighted by Gasteiger charge is -2.34. The van der Waals surface area contributed by atoms with E-state index in [-0.39, 0.29) is 17.8 Å². The minimum Gasteiger partial charge on any atom is -0.458 e. The Balaban J connectivity index is 2.19. The Labute approximate surface area is 136 Å². The highest BCUT2D eigenvalue weighted by Gasteiger charge is 2.34. The Morgan fingerprint density at radius 1 is 1.22 bits per heavy atom. The SMILES string of the molecule is CC(=O)OC(CC1=CC(=O)OC(C(C)(C)C)O1)c1ccccc1. The molecular weight excluding hydrogens is 296 g/mol. The van der Waals surface area contributed by atoms with E-state index in [0.717, 1.165) is 5.56 Å². The second-order valence-electron chi connectivity index (χ2n) is 6.58. The summed E-state index contributed by atoms with van der Waals surface area (Å²) in [5.74, 6) is -0.373. The molecule has 5 heteroatoms. The van der Waals surface area contributed by atoms with Crippen molar-refractivity contribution in [1.29, 1.82) is 0 Å². The van der Waals surface area contributed by atoms with Crippen LogP contribution in [0.1, 0.15) is 45.8 Å². The molecule has 0 fully saturated rings. The van der Waals surface area contributed by atoms with Gasteiger partial charge in [0, 0.05) is 18.8 Å². The van der Waals surface area contributed by atoms with Crippen molar-refractivity contribution in [2.45, 2.75) is 46.5 Å². The molecule has 2 unspecified atom stereocenters. The van der Waals surface area contributed by atoms with Crippen molar-refractivity contribution in [3.63, 3.8) is 0 Å². The standard InChI is InChI=1S/C18H22O5/c1-12(19)21-15(13-8-6-5-7-9-13)10-14-11-16(20)23-17(22-14)18(2,3)4/h5-9,11,15,17H,10H2,1-4H3. The number of ether oxygens (including phenoxy) is 3. The molecule has 0 aliphatic carbocycles. The predicted molar refractivity (Wildman–Crippen MR) is 84.1 cm³/mol. The second-order valence-corrected chi connectivity index (χ2v) is 6.58. The topological polar surface area (TPSA) is 61.8 Å². The van der Waals surface area contributed by atoms with Crippen LogP contribution in [0.5, 0.6) is 0 Å². The summed E-state index contributed by atoms with van der Waals surface area (Å²) >= 11 is 0. The van der Waals surface area contributed by atoms with Crippen LogP contribution >= 0.6 is 0 Å². The molecule has 0 radical (unpaired) electrons. The first-order chi connectivity index (χ1) is 10.8. The van der Waals surface area contributed by atoms with Gasteiger partial charge in [-0.15, -0.1) is 0 Å². The number of esters is 2. The van der Waals surface area contributed by atoms with Crippen molar-refractivity contribution in [2.75, 3.05) is 0 Å². The number of carbonyl (C=O) groups excluding carboxylic acids is 2. The van der Waals surface area contributed by atoms with Crippen LogP contribution in [0.2, 0.25) is 0 Å². The maximum atomic E-state index is 11.8. The van der Waals surface area contributed by atoms with Gasteiger partial charge in [-0.05, 0) is 5.56 Å². The summed E-state index contributed by atoms with van der Waals surface area (Å²) in [5.41, 5.74) is 0.497. The Morgan fingerprint density at radius 2 is 1.87 bits per heavy atom. The molecule has 124 valence electrons. The van der Waals surface area contributed by atoms with Gasteiger partial charge in [-0.3, -0.25) is 4.79 Å². The molecule has 0 aromatic heterocycles. The first-order valence-corrected chi connectivity index (χ1v) is 7.55. The average molecular weight is 318 g/mol. The number of hydrogen-bond donors (Lipinski definition) is 0. The van der Waals surface area contributed by atoms with E-state index in [2.05, 4.69) is 0 Å². The second kappa shape index (κ2) is 6.86. The maximum absolute atomic E-state index is 11.8. The van der Waals surface area contributed by atoms with Crippen LogP contribution in [-0.2, 0) is 23.8 Å². The normalized spacial score (nSPS) is 19.2. The molecule has 0 N–H and O–H groups in total. The van der Waals surface area contributed by atoms with Gasteiger partial charge >= 0.3 is 11.9 Å². The highest BCUT2D eigenvalue weighted by atomic mass is 16.7. The third-order valence-electron chi connectivity index (χ3n) is 3.33. The monoisotopic (exact) mass is 318 g/mol. The highest BCUT2D eigenvalue weighted by molar-refractivity contribution is 5.83. The van der Waals surface area contributed by atoms with Crippen molar-refractivity contribution in [3.05, 3.63) is 47.7 Å². The summed E-state index contributed by atoms with van der Waals surface area (Å²) in [6.07, 6.45) is 0.419. The summed E-state index contributed by atoms with van der Waals surface area (Å²) in [6.45, 7) is 7.14. The molecule has 0 saturated heterocycles. The largest absolute Gasteiger partial charge is 0.458 e. The van der Waals surface area contributed by atoms with Gasteiger partial charge in [0.05, 0.1) is 6.08 Å². The van der Waals surface area contributed by atoms with E-state index in [0.29, 0.717) is 5.76 Å². The molecule has 1 aliphatic rings. The Morgan fingerprint density at radius 3 is 2.43 bits per heavy atom. The van der Waals surface area contributed by atoms with Crippen LogP contribution in [0.4, 0.5) is 0 Å². The van der Waals surface area contributed by atoms with Crippen LogP contribution in [0.25, 0.3) is 0 Å². The Kier molecular flexibility index (Phi) is 5.08. The molecule has 23 heavy (non-hydrogen) atoms. The summed E-state index contributed by atoms with van der Waals surface area (Å²) in [7, 11) is 0. The van der Waals surface area contributed by atoms with Crippen molar-refractivity contribution >= 4 is 11.9 Å². The highest BCUT2D eigenvalue weighted by Crippen LogP contribution is 2.33. The first-order valence-electron chi connectivity index (χ1n) is 7.55. The van der Waals surface area contributed by atoms with Gasteiger partial charge in [0.1, 0.15) is 11.9 Å². The van der Waals surface area contributed by atoms with Crippen LogP contribution in [0.3, 0.4) is 0 Å². The van der Waals surface area contributed by atoms with Crippen molar-refractivity contribution in [3.8, 4) is 0 Å². The lowest BCUT2D eigenvalue weighted by molar-refractivity contribution is -0.196. The summed E-state index contributed by atoms with van der Waals surface area (Å²) in [4.78, 5) is 23.2. The van der Waals surface area contributed by atoms with Crippen molar-refractivity contribution < 1.29 is 23.8 Å². The lowest BCUT2D eigenvalue weighted by Crippen LogP contribution is -2.36. The fraction of sp³-hybridized carbons (Fsp3) is 0.444. The molecule has 2 atom stereocenters. The minimum absolute atomic E-state index is 0.283. The van der Waals surface area contributed by atoms with Gasteiger partial charge in [-0.25, -0.2) is 4.79 Å². The van der Waals surface area contributed by atoms with E-state index in [9.17, 15) is 9.59 Å². The van der Waals surface area contributed by atoms with Crippen molar-refractivity contribution in [2.24, 2.45) is 5.41 Å². The minimum atomic E-state index is -0.663. The fourth-order valence-electron chi connectivity index (χ4n) is 2.21. The number of rotatable bonds is 4. The molecule has 1 aromatic rings. The van der Waals surface area contributed by atoms with E-state index in [1.54, 1.807) is 0 Å². The molecule has 1 aromatic carbocycles. The molecule has 5 nitrogen and oxygen atoms in total. The summed E-state index contributed by atoms with van der Waals surface area (Å²) < 4.78 is 16.4. The molecule has 2 rings (SSSR count). The van der Waals surface area contributed by atoms with Gasteiger partial charge in [0.2, 0.25) is 6.29 Å². The van der Waals surface area contributed by atoms with Gasteiger partial charge < -0.3 is 14.2 Å². The van der Waals surface area contributed by atoms with Crippen LogP contribution in [0, 0.1) is 5.41 Å². The van der Waals surface area contributed by atoms with E-state index >= 15 is 0 Å². The third kappa shape index (κ3) is 4.84. The number of cyclic esters (lactones) is 1. The lowest BCUT2D eigenvalue weighted by atomic mass is 9.95. The van der Waals surface area contributed by atoms with E-state index in [4.69, 9.17) is 14.2 Å². The molecule has 1 aliphatic heterocycles. The predicted octanol–water partition coefficient (Wildman–Crippen LogP) is 3.51. The Bertz CT molecular complexity index is 598. The number of hydrogen-bond acceptors (Lipinski definition) is 5. The summed E-state index contributed by atoms with van der Waals surface area (Å²) in [5, 5.41) is 0. The number of carbonyl (C=O) groups is 2. The van der Waals surface area contributed by atoms with Crippen molar-refractivity contribution in [1.82, 2.24) is 0 Å². The zero-order chi connectivity index (χ0) is 17.0. The van der Waals surface area contributed by atoms with Gasteiger partial charge in [0.25, 0.3) is 0 Å². The molecule has 0 bridgehead atoms. The maximum Gasteiger partial charge on any atom is 0.337 e. The van der Waals surface area contributed by atoms with Gasteiger partial charge in [0.15, 0.2) is 0 Å². The molecule has 0 saturated carbocycles. The summed E-state index contributed by atoms with van der Waals surface area (Å²) in [6, 6.07) is 9.37. The smallest absolute Gasteiger partial charge is 0.337 e. The zero-order valence-electron chi connectivity index (χ0n) is 13.9. The Hall–Kier alpha value is -2.30. The van der Waals surface area contributed by atoms with Gasteiger partial charge in [-0.1, -0.05) is 51.1 Å². The molecule has 1 heterocycles. The molecule has 0 spiro atoms. The van der Waals surface area contributed by atoms with Crippen LogP contribution in [0.15, 0.2) is 42.2 Å². The van der Waals surface area contributed by atoms with Crippen LogP contribution in [-0.4, -0.2) is 18.2 Å². The quantitative estimate of drug-likeness (QED) is 0.795. The van der Waals surface area contributed by atoms with Crippen LogP contribution < -0.4 is 0 Å². The van der Waals surface area contributed by atoms with E-state index in [1.165, 1.54) is 13.0 Å². The van der Waals surface area contributed by atoms with Gasteiger partial charge in [-0.2, -0.15) is 0 Å². The van der Waals surface area contributed by atoms with E-state index in [1.807, 2.05) is 51.1 Å². The average Bonchev–Trinajstić information content (AvgIpc) is 2.45.